The minimum absolute atomic E-state index is 0.0253. The molecule has 6 aromatic rings. The number of fused-ring (bicyclic) bond motifs is 2. The van der Waals surface area contributed by atoms with Gasteiger partial charge in [0.1, 0.15) is 5.75 Å². The van der Waals surface area contributed by atoms with E-state index in [9.17, 15) is 14.7 Å². The molecule has 14 nitrogen and oxygen atoms in total. The topological polar surface area (TPSA) is 155 Å². The molecule has 1 fully saturated rings. The van der Waals surface area contributed by atoms with Crippen LogP contribution in [-0.4, -0.2) is 77.1 Å². The van der Waals surface area contributed by atoms with Crippen LogP contribution in [-0.2, 0) is 44.2 Å². The lowest BCUT2D eigenvalue weighted by molar-refractivity contribution is -0.146. The average Bonchev–Trinajstić information content (AvgIpc) is 4.03. The largest absolute Gasteiger partial charge is 0.497 e. The van der Waals surface area contributed by atoms with Gasteiger partial charge < -0.3 is 19.5 Å². The number of carbonyl (C=O) groups is 3. The third-order valence-electron chi connectivity index (χ3n) is 14.5. The molecule has 69 heavy (non-hydrogen) atoms. The number of aliphatic hydroxyl groups is 1. The number of aryl methyl sites for hydroxylation is 1. The van der Waals surface area contributed by atoms with Crippen LogP contribution in [0, 0.1) is 5.92 Å². The molecule has 1 N–H and O–H groups in total. The van der Waals surface area contributed by atoms with Gasteiger partial charge in [-0.2, -0.15) is 10.2 Å². The first-order chi connectivity index (χ1) is 33.5. The number of methoxy groups -OCH3 is 1. The van der Waals surface area contributed by atoms with Crippen molar-refractivity contribution in [1.82, 2.24) is 15.0 Å². The molecule has 0 bridgehead atoms. The van der Waals surface area contributed by atoms with Crippen molar-refractivity contribution in [1.29, 1.82) is 0 Å². The van der Waals surface area contributed by atoms with Gasteiger partial charge in [0.05, 0.1) is 62.0 Å². The van der Waals surface area contributed by atoms with Gasteiger partial charge in [0.2, 0.25) is 11.8 Å². The molecular formula is C54H56N8O6Si. The maximum Gasteiger partial charge on any atom is 0.264 e. The molecule has 0 radical (unpaired) electrons. The Labute approximate surface area is 402 Å². The van der Waals surface area contributed by atoms with E-state index in [2.05, 4.69) is 42.5 Å². The zero-order chi connectivity index (χ0) is 47.9. The van der Waals surface area contributed by atoms with Gasteiger partial charge in [-0.25, -0.2) is 10.0 Å². The smallest absolute Gasteiger partial charge is 0.264 e. The van der Waals surface area contributed by atoms with Crippen molar-refractivity contribution in [2.75, 3.05) is 28.6 Å². The molecule has 5 heterocycles. The Balaban J connectivity index is 1.05. The summed E-state index contributed by atoms with van der Waals surface area (Å²) in [5, 5.41) is 32.1. The van der Waals surface area contributed by atoms with E-state index < -0.39 is 13.7 Å². The molecule has 352 valence electrons. The number of amides is 3. The van der Waals surface area contributed by atoms with Crippen LogP contribution >= 0.6 is 0 Å². The maximum absolute atomic E-state index is 15.9. The van der Waals surface area contributed by atoms with E-state index in [4.69, 9.17) is 19.7 Å². The molecular weight excluding hydrogens is 885 g/mol. The zero-order valence-electron chi connectivity index (χ0n) is 39.4. The van der Waals surface area contributed by atoms with Crippen LogP contribution in [0.1, 0.15) is 67.0 Å². The predicted molar refractivity (Wildman–Crippen MR) is 268 cm³/mol. The number of nitrogens with zero attached hydrogens (tertiary/aromatic N) is 8. The van der Waals surface area contributed by atoms with Crippen LogP contribution in [0.4, 0.5) is 17.1 Å². The van der Waals surface area contributed by atoms with Gasteiger partial charge >= 0.3 is 0 Å². The lowest BCUT2D eigenvalue weighted by atomic mass is 9.82. The van der Waals surface area contributed by atoms with Gasteiger partial charge in [-0.1, -0.05) is 115 Å². The fourth-order valence-corrected chi connectivity index (χ4v) is 15.0. The number of rotatable bonds is 14. The first-order valence-electron chi connectivity index (χ1n) is 23.8. The molecule has 1 saturated heterocycles. The van der Waals surface area contributed by atoms with Crippen LogP contribution in [0.2, 0.25) is 18.6 Å². The molecule has 5 aromatic carbocycles. The molecule has 0 aliphatic carbocycles. The monoisotopic (exact) mass is 940 g/mol. The Morgan fingerprint density at radius 3 is 1.99 bits per heavy atom. The first kappa shape index (κ1) is 45.7. The second kappa shape index (κ2) is 18.8. The molecule has 0 unspecified atom stereocenters. The summed E-state index contributed by atoms with van der Waals surface area (Å²) in [4.78, 5) is 44.8. The fourth-order valence-electron chi connectivity index (χ4n) is 10.9. The number of aromatic nitrogens is 3. The number of benzene rings is 5. The molecule has 10 rings (SSSR count). The predicted octanol–water partition coefficient (Wildman–Crippen LogP) is 7.74. The molecule has 3 amide bonds. The van der Waals surface area contributed by atoms with Crippen molar-refractivity contribution in [3.05, 3.63) is 162 Å². The van der Waals surface area contributed by atoms with Crippen LogP contribution in [0.3, 0.4) is 0 Å². The quantitative estimate of drug-likeness (QED) is 0.109. The van der Waals surface area contributed by atoms with Crippen LogP contribution in [0.5, 0.6) is 5.75 Å². The summed E-state index contributed by atoms with van der Waals surface area (Å²) in [6.45, 7) is 7.55. The van der Waals surface area contributed by atoms with Crippen LogP contribution in [0.15, 0.2) is 144 Å². The van der Waals surface area contributed by atoms with Crippen molar-refractivity contribution < 1.29 is 29.0 Å². The fraction of sp³-hybridized carbons (Fsp3) is 0.315. The highest BCUT2D eigenvalue weighted by Gasteiger charge is 2.66. The van der Waals surface area contributed by atoms with Gasteiger partial charge in [0.25, 0.3) is 5.91 Å². The third kappa shape index (κ3) is 8.48. The normalized spacial score (nSPS) is 21.5. The van der Waals surface area contributed by atoms with Crippen molar-refractivity contribution in [2.24, 2.45) is 16.1 Å². The van der Waals surface area contributed by atoms with Crippen LogP contribution < -0.4 is 24.8 Å². The second-order valence-electron chi connectivity index (χ2n) is 18.9. The Hall–Kier alpha value is -7.07. The van der Waals surface area contributed by atoms with Gasteiger partial charge in [-0.15, -0.1) is 5.10 Å². The highest BCUT2D eigenvalue weighted by atomic mass is 28.3. The summed E-state index contributed by atoms with van der Waals surface area (Å²) >= 11 is 0. The summed E-state index contributed by atoms with van der Waals surface area (Å²) < 4.78 is 14.9. The van der Waals surface area contributed by atoms with Gasteiger partial charge in [0, 0.05) is 62.9 Å². The maximum atomic E-state index is 15.9. The van der Waals surface area contributed by atoms with E-state index in [-0.39, 0.29) is 48.4 Å². The lowest BCUT2D eigenvalue weighted by Crippen LogP contribution is -2.51. The van der Waals surface area contributed by atoms with Gasteiger partial charge in [-0.3, -0.25) is 19.1 Å². The number of aliphatic hydroxyl groups excluding tert-OH is 1. The number of hydrogen-bond acceptors (Lipinski definition) is 10. The van der Waals surface area contributed by atoms with E-state index in [1.807, 2.05) is 126 Å². The Bertz CT molecular complexity index is 2940. The molecule has 1 aromatic heterocycles. The highest BCUT2D eigenvalue weighted by molar-refractivity contribution is 6.91. The Morgan fingerprint density at radius 1 is 0.768 bits per heavy atom. The summed E-state index contributed by atoms with van der Waals surface area (Å²) in [7, 11) is -0.850. The summed E-state index contributed by atoms with van der Waals surface area (Å²) in [6.07, 6.45) is 4.16. The molecule has 4 atom stereocenters. The SMILES string of the molecule is COc1ccc([Si](C)(C)[C@@H]2[C@@H](CCn3cc(CCO)nn3)O[C@]3(C(=O)N(Cc4ccc(N5N=C(c6ccccc6)CCC5=O)cc4)c4ccc(N5N=C(c6ccccc6)CCC5=O)cc43)[C@H]2C)cc1. The number of carbonyl (C=O) groups excluding carboxylic acids is 3. The number of hydrogen-bond donors (Lipinski definition) is 1. The van der Waals surface area contributed by atoms with E-state index in [1.165, 1.54) is 15.2 Å². The molecule has 1 spiro atoms. The van der Waals surface area contributed by atoms with E-state index in [0.717, 1.165) is 33.9 Å². The summed E-state index contributed by atoms with van der Waals surface area (Å²) in [5.41, 5.74) is 6.28. The van der Waals surface area contributed by atoms with Crippen molar-refractivity contribution >= 4 is 59.5 Å². The minimum Gasteiger partial charge on any atom is -0.497 e. The standard InChI is InChI=1S/C54H56N8O6Si/c1-36-52(69(3,4)44-22-20-43(67-2)21-23-44)49(29-31-59-35-40(30-32-63)55-58-59)68-54(36)45-33-42(62-51(65)28-25-47(57-62)39-13-9-6-10-14-39)19-26-48(45)60(53(54)66)34-37-15-17-41(18-16-37)61-50(64)27-24-46(56-61)38-11-7-5-8-12-38/h5-23,26,33,35-36,49,52,63H,24-25,27-32,34H2,1-4H3/t36-,49+,52-,54+/m0/s1. The second-order valence-corrected chi connectivity index (χ2v) is 23.6. The van der Waals surface area contributed by atoms with Gasteiger partial charge in [-0.05, 0) is 71.1 Å². The van der Waals surface area contributed by atoms with Crippen molar-refractivity contribution in [2.45, 2.75) is 88.9 Å². The molecule has 4 aliphatic heterocycles. The van der Waals surface area contributed by atoms with E-state index >= 15 is 4.79 Å². The number of anilines is 3. The summed E-state index contributed by atoms with van der Waals surface area (Å²) in [6, 6.07) is 41.5. The minimum atomic E-state index is -2.51. The third-order valence-corrected chi connectivity index (χ3v) is 18.8. The molecule has 0 saturated carbocycles. The van der Waals surface area contributed by atoms with Crippen molar-refractivity contribution in [3.63, 3.8) is 0 Å². The number of hydrazone groups is 2. The van der Waals surface area contributed by atoms with E-state index in [0.29, 0.717) is 73.4 Å². The first-order valence-corrected chi connectivity index (χ1v) is 26.9. The Morgan fingerprint density at radius 2 is 1.38 bits per heavy atom. The molecule has 15 heteroatoms. The average molecular weight is 941 g/mol. The summed E-state index contributed by atoms with van der Waals surface area (Å²) in [5.74, 6) is 0.0676. The van der Waals surface area contributed by atoms with E-state index in [1.54, 1.807) is 11.8 Å². The lowest BCUT2D eigenvalue weighted by Gasteiger charge is -2.37. The molecule has 4 aliphatic rings. The Kier molecular flexibility index (Phi) is 12.4. The highest BCUT2D eigenvalue weighted by Crippen LogP contribution is 2.60. The number of ether oxygens (including phenoxy) is 2. The van der Waals surface area contributed by atoms with Crippen molar-refractivity contribution in [3.8, 4) is 5.75 Å². The zero-order valence-corrected chi connectivity index (χ0v) is 40.4. The van der Waals surface area contributed by atoms with Crippen LogP contribution in [0.25, 0.3) is 0 Å². The van der Waals surface area contributed by atoms with Gasteiger partial charge in [0.15, 0.2) is 5.60 Å².